The van der Waals surface area contributed by atoms with Crippen molar-refractivity contribution >= 4 is 43.9 Å². The molecule has 28 heavy (non-hydrogen) atoms. The van der Waals surface area contributed by atoms with Gasteiger partial charge in [0.1, 0.15) is 28.1 Å². The number of sulfonamides is 1. The van der Waals surface area contributed by atoms with Gasteiger partial charge in [0.05, 0.1) is 11.9 Å². The molecular weight excluding hydrogens is 400 g/mol. The number of primary sulfonamides is 1. The third kappa shape index (κ3) is 3.63. The highest BCUT2D eigenvalue weighted by atomic mass is 35.5. The van der Waals surface area contributed by atoms with Crippen LogP contribution in [0.1, 0.15) is 19.3 Å². The van der Waals surface area contributed by atoms with E-state index >= 15 is 0 Å². The number of hydrogen-bond donors (Lipinski definition) is 2. The van der Waals surface area contributed by atoms with E-state index in [9.17, 15) is 8.42 Å². The SMILES string of the molecule is NS(=O)(=O)C1(COc2ccc3c(Nc4ccc(Cl)nc4)nccc3c2)CCC1. The van der Waals surface area contributed by atoms with E-state index in [1.807, 2.05) is 24.3 Å². The summed E-state index contributed by atoms with van der Waals surface area (Å²) in [7, 11) is -3.65. The van der Waals surface area contributed by atoms with Crippen molar-refractivity contribution in [1.29, 1.82) is 0 Å². The number of ether oxygens (including phenoxy) is 1. The Kier molecular flexibility index (Phi) is 4.86. The minimum absolute atomic E-state index is 0.0595. The molecule has 0 saturated heterocycles. The standard InChI is InChI=1S/C19H19ClN4O3S/c20-17-5-2-14(11-23-17)24-18-16-4-3-15(10-13(16)6-9-22-18)27-12-19(7-1-8-19)28(21,25)26/h2-6,9-11H,1,7-8,12H2,(H,22,24)(H2,21,25,26). The minimum atomic E-state index is -3.65. The van der Waals surface area contributed by atoms with Crippen LogP contribution in [0.3, 0.4) is 0 Å². The summed E-state index contributed by atoms with van der Waals surface area (Å²) in [5.74, 6) is 1.26. The third-order valence-corrected chi connectivity index (χ3v) is 7.05. The average molecular weight is 419 g/mol. The molecule has 9 heteroatoms. The van der Waals surface area contributed by atoms with Gasteiger partial charge in [-0.25, -0.2) is 23.5 Å². The molecular formula is C19H19ClN4O3S. The third-order valence-electron chi connectivity index (χ3n) is 5.10. The predicted octanol–water partition coefficient (Wildman–Crippen LogP) is 3.62. The number of aromatic nitrogens is 2. The topological polar surface area (TPSA) is 107 Å². The number of nitrogens with two attached hydrogens (primary N) is 1. The van der Waals surface area contributed by atoms with Crippen LogP contribution >= 0.6 is 11.6 Å². The Labute approximate surface area is 167 Å². The fraction of sp³-hybridized carbons (Fsp3) is 0.263. The second kappa shape index (κ2) is 7.20. The highest BCUT2D eigenvalue weighted by molar-refractivity contribution is 7.90. The number of hydrogen-bond acceptors (Lipinski definition) is 6. The van der Waals surface area contributed by atoms with Crippen LogP contribution in [0, 0.1) is 0 Å². The van der Waals surface area contributed by atoms with Crippen molar-refractivity contribution in [3.8, 4) is 5.75 Å². The lowest BCUT2D eigenvalue weighted by Crippen LogP contribution is -2.53. The van der Waals surface area contributed by atoms with Crippen LogP contribution in [-0.4, -0.2) is 29.7 Å². The fourth-order valence-corrected chi connectivity index (χ4v) is 4.42. The van der Waals surface area contributed by atoms with Gasteiger partial charge in [0.25, 0.3) is 0 Å². The minimum Gasteiger partial charge on any atom is -0.492 e. The van der Waals surface area contributed by atoms with Gasteiger partial charge in [-0.3, -0.25) is 0 Å². The number of rotatable bonds is 6. The normalized spacial score (nSPS) is 15.8. The Morgan fingerprint density at radius 1 is 1.18 bits per heavy atom. The lowest BCUT2D eigenvalue weighted by Gasteiger charge is -2.38. The maximum absolute atomic E-state index is 11.9. The zero-order valence-corrected chi connectivity index (χ0v) is 16.5. The number of fused-ring (bicyclic) bond motifs is 1. The van der Waals surface area contributed by atoms with Gasteiger partial charge in [0, 0.05) is 11.6 Å². The summed E-state index contributed by atoms with van der Waals surface area (Å²) < 4.78 is 28.6. The first-order chi connectivity index (χ1) is 13.4. The molecule has 4 rings (SSSR count). The first kappa shape index (κ1) is 18.9. The smallest absolute Gasteiger partial charge is 0.218 e. The Bertz CT molecular complexity index is 1120. The van der Waals surface area contributed by atoms with E-state index in [1.54, 1.807) is 24.5 Å². The molecule has 7 nitrogen and oxygen atoms in total. The largest absolute Gasteiger partial charge is 0.492 e. The Hall–Kier alpha value is -2.42. The van der Waals surface area contributed by atoms with Gasteiger partial charge >= 0.3 is 0 Å². The Morgan fingerprint density at radius 3 is 2.64 bits per heavy atom. The van der Waals surface area contributed by atoms with E-state index in [-0.39, 0.29) is 6.61 Å². The number of halogens is 1. The molecule has 0 atom stereocenters. The van der Waals surface area contributed by atoms with Crippen LogP contribution in [0.4, 0.5) is 11.5 Å². The van der Waals surface area contributed by atoms with Gasteiger partial charge in [-0.2, -0.15) is 0 Å². The van der Waals surface area contributed by atoms with Crippen molar-refractivity contribution in [3.63, 3.8) is 0 Å². The van der Waals surface area contributed by atoms with Gasteiger partial charge in [0.15, 0.2) is 0 Å². The number of pyridine rings is 2. The summed E-state index contributed by atoms with van der Waals surface area (Å²) in [6, 6.07) is 10.9. The van der Waals surface area contributed by atoms with Crippen molar-refractivity contribution in [2.75, 3.05) is 11.9 Å². The van der Waals surface area contributed by atoms with E-state index in [0.717, 1.165) is 22.9 Å². The molecule has 0 aliphatic heterocycles. The summed E-state index contributed by atoms with van der Waals surface area (Å²) >= 11 is 5.82. The molecule has 3 aromatic rings. The summed E-state index contributed by atoms with van der Waals surface area (Å²) in [5.41, 5.74) is 0.768. The molecule has 2 heterocycles. The maximum Gasteiger partial charge on any atom is 0.218 e. The molecule has 2 aromatic heterocycles. The lowest BCUT2D eigenvalue weighted by atomic mass is 9.85. The van der Waals surface area contributed by atoms with Crippen molar-refractivity contribution in [1.82, 2.24) is 9.97 Å². The summed E-state index contributed by atoms with van der Waals surface area (Å²) in [6.45, 7) is 0.0595. The van der Waals surface area contributed by atoms with Crippen LogP contribution in [0.25, 0.3) is 10.8 Å². The summed E-state index contributed by atoms with van der Waals surface area (Å²) in [6.07, 6.45) is 5.23. The highest BCUT2D eigenvalue weighted by Gasteiger charge is 2.48. The van der Waals surface area contributed by atoms with E-state index in [1.165, 1.54) is 0 Å². The predicted molar refractivity (Wildman–Crippen MR) is 109 cm³/mol. The second-order valence-corrected chi connectivity index (χ2v) is 9.25. The molecule has 3 N–H and O–H groups in total. The molecule has 0 unspecified atom stereocenters. The average Bonchev–Trinajstić information content (AvgIpc) is 2.61. The quantitative estimate of drug-likeness (QED) is 0.592. The highest BCUT2D eigenvalue weighted by Crippen LogP contribution is 2.38. The number of nitrogens with one attached hydrogen (secondary N) is 1. The van der Waals surface area contributed by atoms with Crippen molar-refractivity contribution in [3.05, 3.63) is 53.9 Å². The van der Waals surface area contributed by atoms with E-state index in [0.29, 0.717) is 29.6 Å². The van der Waals surface area contributed by atoms with Gasteiger partial charge < -0.3 is 10.1 Å². The van der Waals surface area contributed by atoms with E-state index < -0.39 is 14.8 Å². The van der Waals surface area contributed by atoms with Gasteiger partial charge in [-0.1, -0.05) is 11.6 Å². The zero-order chi connectivity index (χ0) is 19.8. The van der Waals surface area contributed by atoms with Crippen molar-refractivity contribution < 1.29 is 13.2 Å². The lowest BCUT2D eigenvalue weighted by molar-refractivity contribution is 0.199. The van der Waals surface area contributed by atoms with Crippen molar-refractivity contribution in [2.24, 2.45) is 5.14 Å². The molecule has 0 amide bonds. The van der Waals surface area contributed by atoms with Crippen LogP contribution < -0.4 is 15.2 Å². The number of nitrogens with zero attached hydrogens (tertiary/aromatic N) is 2. The maximum atomic E-state index is 11.9. The molecule has 1 aliphatic carbocycles. The fourth-order valence-electron chi connectivity index (χ4n) is 3.23. The molecule has 1 aliphatic rings. The Morgan fingerprint density at radius 2 is 2.00 bits per heavy atom. The molecule has 1 aromatic carbocycles. The number of anilines is 2. The molecule has 0 bridgehead atoms. The first-order valence-corrected chi connectivity index (χ1v) is 10.7. The summed E-state index contributed by atoms with van der Waals surface area (Å²) in [5, 5.41) is 10.8. The molecule has 146 valence electrons. The molecule has 0 spiro atoms. The molecule has 0 radical (unpaired) electrons. The van der Waals surface area contributed by atoms with E-state index in [4.69, 9.17) is 21.5 Å². The molecule has 1 fully saturated rings. The first-order valence-electron chi connectivity index (χ1n) is 8.79. The van der Waals surface area contributed by atoms with Gasteiger partial charge in [-0.05, 0) is 61.0 Å². The Balaban J connectivity index is 1.56. The zero-order valence-electron chi connectivity index (χ0n) is 14.9. The van der Waals surface area contributed by atoms with E-state index in [2.05, 4.69) is 15.3 Å². The summed E-state index contributed by atoms with van der Waals surface area (Å²) in [4.78, 5) is 8.43. The van der Waals surface area contributed by atoms with Gasteiger partial charge in [-0.15, -0.1) is 0 Å². The van der Waals surface area contributed by atoms with Crippen molar-refractivity contribution in [2.45, 2.75) is 24.0 Å². The molecule has 1 saturated carbocycles. The monoisotopic (exact) mass is 418 g/mol. The van der Waals surface area contributed by atoms with Crippen LogP contribution in [0.5, 0.6) is 5.75 Å². The van der Waals surface area contributed by atoms with Crippen LogP contribution in [0.2, 0.25) is 5.15 Å². The van der Waals surface area contributed by atoms with Crippen LogP contribution in [0.15, 0.2) is 48.8 Å². The van der Waals surface area contributed by atoms with Crippen LogP contribution in [-0.2, 0) is 10.0 Å². The number of benzene rings is 1. The second-order valence-electron chi connectivity index (χ2n) is 6.91. The van der Waals surface area contributed by atoms with Gasteiger partial charge in [0.2, 0.25) is 10.0 Å².